The number of hydrogen-bond acceptors (Lipinski definition) is 4. The fourth-order valence-electron chi connectivity index (χ4n) is 5.16. The van der Waals surface area contributed by atoms with E-state index in [1.54, 1.807) is 14.2 Å². The average molecular weight is 635 g/mol. The van der Waals surface area contributed by atoms with Crippen LogP contribution < -0.4 is 18.9 Å². The number of halogens is 1. The normalized spacial score (nSPS) is 11.7. The molecule has 0 aromatic heterocycles. The van der Waals surface area contributed by atoms with Crippen LogP contribution in [0.2, 0.25) is 16.6 Å². The molecule has 0 fully saturated rings. The number of ether oxygens (including phenoxy) is 4. The highest BCUT2D eigenvalue weighted by molar-refractivity contribution is 14.1. The largest absolute Gasteiger partial charge is 0.496 e. The first kappa shape index (κ1) is 31.1. The molecule has 0 unspecified atom stereocenters. The number of methoxy groups -OCH3 is 2. The van der Waals surface area contributed by atoms with E-state index in [9.17, 15) is 0 Å². The Morgan fingerprint density at radius 3 is 1.70 bits per heavy atom. The summed E-state index contributed by atoms with van der Waals surface area (Å²) in [6.07, 6.45) is 4.05. The van der Waals surface area contributed by atoms with Gasteiger partial charge in [-0.15, -0.1) is 5.54 Å². The molecule has 0 saturated heterocycles. The second-order valence-electron chi connectivity index (χ2n) is 9.96. The van der Waals surface area contributed by atoms with E-state index in [1.807, 2.05) is 50.3 Å². The molecule has 0 heterocycles. The van der Waals surface area contributed by atoms with Crippen LogP contribution in [-0.4, -0.2) is 35.5 Å². The minimum Gasteiger partial charge on any atom is -0.496 e. The number of rotatable bonds is 11. The van der Waals surface area contributed by atoms with E-state index in [-0.39, 0.29) is 0 Å². The van der Waals surface area contributed by atoms with Gasteiger partial charge in [-0.2, -0.15) is 0 Å². The lowest BCUT2D eigenvalue weighted by molar-refractivity contribution is 0.337. The van der Waals surface area contributed by atoms with Gasteiger partial charge in [-0.1, -0.05) is 59.6 Å². The SMILES string of the molecule is CCOc1cc(C=Cc2cc(OC)c(I)cc2OCC)c(OC)cc1C#C[Si](C(C)C)(C(C)C)C(C)C. The first-order valence-corrected chi connectivity index (χ1v) is 16.4. The molecule has 0 atom stereocenters. The van der Waals surface area contributed by atoms with Crippen LogP contribution >= 0.6 is 22.6 Å². The Morgan fingerprint density at radius 1 is 0.730 bits per heavy atom. The average Bonchev–Trinajstić information content (AvgIpc) is 2.84. The van der Waals surface area contributed by atoms with Crippen molar-refractivity contribution in [2.45, 2.75) is 72.0 Å². The molecular weight excluding hydrogens is 591 g/mol. The fraction of sp³-hybridized carbons (Fsp3) is 0.484. The van der Waals surface area contributed by atoms with Gasteiger partial charge in [0.2, 0.25) is 0 Å². The molecule has 2 rings (SSSR count). The van der Waals surface area contributed by atoms with Crippen LogP contribution in [0.4, 0.5) is 0 Å². The van der Waals surface area contributed by atoms with Crippen LogP contribution in [0.25, 0.3) is 12.2 Å². The summed E-state index contributed by atoms with van der Waals surface area (Å²) in [5, 5.41) is 0. The fourth-order valence-corrected chi connectivity index (χ4v) is 11.0. The van der Waals surface area contributed by atoms with E-state index in [1.165, 1.54) is 0 Å². The molecule has 0 saturated carbocycles. The van der Waals surface area contributed by atoms with Crippen LogP contribution in [0.1, 0.15) is 72.1 Å². The summed E-state index contributed by atoms with van der Waals surface area (Å²) in [4.78, 5) is 0. The van der Waals surface area contributed by atoms with Crippen LogP contribution in [0.3, 0.4) is 0 Å². The molecule has 6 heteroatoms. The van der Waals surface area contributed by atoms with Crippen molar-refractivity contribution in [1.82, 2.24) is 0 Å². The molecule has 0 aliphatic heterocycles. The first-order valence-electron chi connectivity index (χ1n) is 13.1. The molecule has 0 N–H and O–H groups in total. The van der Waals surface area contributed by atoms with Gasteiger partial charge in [0.25, 0.3) is 0 Å². The van der Waals surface area contributed by atoms with Gasteiger partial charge in [0.15, 0.2) is 0 Å². The zero-order chi connectivity index (χ0) is 27.8. The van der Waals surface area contributed by atoms with Crippen molar-refractivity contribution in [1.29, 1.82) is 0 Å². The smallest absolute Gasteiger partial charge is 0.146 e. The standard InChI is InChI=1S/C31H43IO4Si/c1-11-35-29-18-24(13-14-25-19-31(34-10)27(32)20-30(25)36-12-2)28(33-9)17-26(29)15-16-37(21(3)4,22(5)6)23(7)8/h13-14,17-23H,11-12H2,1-10H3. The van der Waals surface area contributed by atoms with Gasteiger partial charge in [-0.3, -0.25) is 0 Å². The van der Waals surface area contributed by atoms with Crippen molar-refractivity contribution >= 4 is 42.8 Å². The molecule has 37 heavy (non-hydrogen) atoms. The molecule has 0 amide bonds. The predicted octanol–water partition coefficient (Wildman–Crippen LogP) is 8.85. The second kappa shape index (κ2) is 14.2. The Kier molecular flexibility index (Phi) is 11.9. The lowest BCUT2D eigenvalue weighted by Crippen LogP contribution is -2.43. The molecule has 0 radical (unpaired) electrons. The van der Waals surface area contributed by atoms with E-state index in [4.69, 9.17) is 18.9 Å². The monoisotopic (exact) mass is 634 g/mol. The Hall–Kier alpha value is -2.11. The van der Waals surface area contributed by atoms with Crippen molar-refractivity contribution in [2.75, 3.05) is 27.4 Å². The van der Waals surface area contributed by atoms with E-state index >= 15 is 0 Å². The minimum atomic E-state index is -1.88. The van der Waals surface area contributed by atoms with Gasteiger partial charge >= 0.3 is 0 Å². The first-order chi connectivity index (χ1) is 17.5. The number of benzene rings is 2. The van der Waals surface area contributed by atoms with Crippen LogP contribution in [0, 0.1) is 15.0 Å². The summed E-state index contributed by atoms with van der Waals surface area (Å²) in [5.41, 5.74) is 8.22. The third-order valence-corrected chi connectivity index (χ3v) is 14.1. The summed E-state index contributed by atoms with van der Waals surface area (Å²) < 4.78 is 24.3. The number of hydrogen-bond donors (Lipinski definition) is 0. The van der Waals surface area contributed by atoms with Crippen molar-refractivity contribution in [2.24, 2.45) is 0 Å². The van der Waals surface area contributed by atoms with Crippen LogP contribution in [0.15, 0.2) is 24.3 Å². The predicted molar refractivity (Wildman–Crippen MR) is 168 cm³/mol. The van der Waals surface area contributed by atoms with E-state index < -0.39 is 8.07 Å². The Labute approximate surface area is 239 Å². The molecule has 0 aliphatic carbocycles. The molecule has 2 aromatic rings. The second-order valence-corrected chi connectivity index (χ2v) is 16.7. The molecule has 0 spiro atoms. The van der Waals surface area contributed by atoms with Crippen molar-refractivity contribution in [3.63, 3.8) is 0 Å². The van der Waals surface area contributed by atoms with Crippen LogP contribution in [-0.2, 0) is 0 Å². The maximum Gasteiger partial charge on any atom is 0.146 e. The zero-order valence-corrected chi connectivity index (χ0v) is 27.3. The minimum absolute atomic E-state index is 0.560. The summed E-state index contributed by atoms with van der Waals surface area (Å²) in [6, 6.07) is 8.03. The highest BCUT2D eigenvalue weighted by atomic mass is 127. The Bertz CT molecular complexity index is 1120. The molecule has 0 bridgehead atoms. The van der Waals surface area contributed by atoms with Gasteiger partial charge in [-0.05, 0) is 71.3 Å². The van der Waals surface area contributed by atoms with Crippen molar-refractivity contribution in [3.05, 3.63) is 44.5 Å². The van der Waals surface area contributed by atoms with Gasteiger partial charge in [0, 0.05) is 17.2 Å². The molecule has 4 nitrogen and oxygen atoms in total. The van der Waals surface area contributed by atoms with Gasteiger partial charge in [0.1, 0.15) is 31.1 Å². The Morgan fingerprint density at radius 2 is 1.22 bits per heavy atom. The third kappa shape index (κ3) is 7.26. The highest BCUT2D eigenvalue weighted by Crippen LogP contribution is 2.41. The van der Waals surface area contributed by atoms with Crippen LogP contribution in [0.5, 0.6) is 23.0 Å². The Balaban J connectivity index is 2.64. The third-order valence-electron chi connectivity index (χ3n) is 6.94. The van der Waals surface area contributed by atoms with Gasteiger partial charge in [0.05, 0.1) is 36.6 Å². The lowest BCUT2D eigenvalue weighted by Gasteiger charge is -2.38. The zero-order valence-electron chi connectivity index (χ0n) is 24.1. The van der Waals surface area contributed by atoms with E-state index in [0.717, 1.165) is 43.3 Å². The maximum absolute atomic E-state index is 6.07. The topological polar surface area (TPSA) is 36.9 Å². The van der Waals surface area contributed by atoms with Gasteiger partial charge in [-0.25, -0.2) is 0 Å². The summed E-state index contributed by atoms with van der Waals surface area (Å²) >= 11 is 2.26. The summed E-state index contributed by atoms with van der Waals surface area (Å²) in [5.74, 6) is 6.71. The van der Waals surface area contributed by atoms with E-state index in [0.29, 0.717) is 29.8 Å². The molecule has 202 valence electrons. The lowest BCUT2D eigenvalue weighted by atomic mass is 10.1. The van der Waals surface area contributed by atoms with Gasteiger partial charge < -0.3 is 18.9 Å². The van der Waals surface area contributed by atoms with Crippen molar-refractivity contribution < 1.29 is 18.9 Å². The molecule has 2 aromatic carbocycles. The van der Waals surface area contributed by atoms with E-state index in [2.05, 4.69) is 75.6 Å². The summed E-state index contributed by atoms with van der Waals surface area (Å²) in [7, 11) is 1.49. The quantitative estimate of drug-likeness (QED) is 0.107. The van der Waals surface area contributed by atoms with Crippen molar-refractivity contribution in [3.8, 4) is 34.5 Å². The molecule has 0 aliphatic rings. The summed E-state index contributed by atoms with van der Waals surface area (Å²) in [6.45, 7) is 19.1. The highest BCUT2D eigenvalue weighted by Gasteiger charge is 2.41. The maximum atomic E-state index is 6.07. The molecular formula is C31H43IO4Si.